The summed E-state index contributed by atoms with van der Waals surface area (Å²) >= 11 is 6.27. The molecule has 0 N–H and O–H groups in total. The van der Waals surface area contributed by atoms with E-state index in [0.29, 0.717) is 21.7 Å². The molecule has 1 amide bonds. The molecule has 0 saturated carbocycles. The number of rotatable bonds is 2. The molecule has 2 aromatic rings. The molecular formula is C19H15ClF3NO. The van der Waals surface area contributed by atoms with Crippen molar-refractivity contribution in [3.05, 3.63) is 82.4 Å². The van der Waals surface area contributed by atoms with Crippen LogP contribution in [0.2, 0.25) is 5.02 Å². The molecule has 1 aliphatic heterocycles. The molecule has 0 fully saturated rings. The van der Waals surface area contributed by atoms with Crippen molar-refractivity contribution in [1.82, 2.24) is 4.90 Å². The summed E-state index contributed by atoms with van der Waals surface area (Å²) in [6.45, 7) is 3.99. The van der Waals surface area contributed by atoms with E-state index in [1.54, 1.807) is 29.2 Å². The maximum absolute atomic E-state index is 13.1. The first kappa shape index (κ1) is 17.5. The van der Waals surface area contributed by atoms with Gasteiger partial charge in [0, 0.05) is 24.0 Å². The van der Waals surface area contributed by atoms with Gasteiger partial charge in [-0.3, -0.25) is 4.79 Å². The Hall–Kier alpha value is -2.27. The smallest absolute Gasteiger partial charge is 0.334 e. The predicted molar refractivity (Wildman–Crippen MR) is 90.4 cm³/mol. The summed E-state index contributed by atoms with van der Waals surface area (Å²) in [5, 5.41) is 0.462. The fourth-order valence-corrected chi connectivity index (χ4v) is 3.42. The van der Waals surface area contributed by atoms with Crippen LogP contribution in [-0.4, -0.2) is 17.4 Å². The van der Waals surface area contributed by atoms with Gasteiger partial charge in [0.05, 0.1) is 5.56 Å². The topological polar surface area (TPSA) is 20.3 Å². The lowest BCUT2D eigenvalue weighted by atomic mass is 9.83. The number of hydrogen-bond donors (Lipinski definition) is 0. The zero-order valence-corrected chi connectivity index (χ0v) is 13.9. The lowest BCUT2D eigenvalue weighted by Gasteiger charge is -2.35. The van der Waals surface area contributed by atoms with Crippen molar-refractivity contribution in [1.29, 1.82) is 0 Å². The number of benzene rings is 2. The van der Waals surface area contributed by atoms with Crippen LogP contribution in [0.15, 0.2) is 55.1 Å². The van der Waals surface area contributed by atoms with Crippen molar-refractivity contribution in [2.75, 3.05) is 6.54 Å². The first-order valence-electron chi connectivity index (χ1n) is 7.67. The number of hydrogen-bond acceptors (Lipinski definition) is 1. The van der Waals surface area contributed by atoms with Crippen LogP contribution in [0.3, 0.4) is 0 Å². The minimum atomic E-state index is -4.42. The molecule has 0 aromatic heterocycles. The maximum Gasteiger partial charge on any atom is 0.416 e. The third kappa shape index (κ3) is 3.42. The van der Waals surface area contributed by atoms with Crippen LogP contribution in [0.5, 0.6) is 0 Å². The summed E-state index contributed by atoms with van der Waals surface area (Å²) in [4.78, 5) is 13.6. The van der Waals surface area contributed by atoms with Gasteiger partial charge in [0.25, 0.3) is 0 Å². The van der Waals surface area contributed by atoms with E-state index in [-0.39, 0.29) is 19.0 Å². The lowest BCUT2D eigenvalue weighted by molar-refractivity contribution is -0.137. The Kier molecular flexibility index (Phi) is 4.60. The summed E-state index contributed by atoms with van der Waals surface area (Å²) in [7, 11) is 0. The molecule has 2 nitrogen and oxygen atoms in total. The van der Waals surface area contributed by atoms with Crippen LogP contribution in [0.4, 0.5) is 13.2 Å². The van der Waals surface area contributed by atoms with E-state index < -0.39 is 17.7 Å². The average molecular weight is 366 g/mol. The van der Waals surface area contributed by atoms with Crippen molar-refractivity contribution >= 4 is 17.5 Å². The van der Waals surface area contributed by atoms with E-state index in [0.717, 1.165) is 6.07 Å². The quantitative estimate of drug-likeness (QED) is 0.684. The molecule has 0 saturated heterocycles. The number of alkyl halides is 3. The van der Waals surface area contributed by atoms with E-state index in [4.69, 9.17) is 11.6 Å². The summed E-state index contributed by atoms with van der Waals surface area (Å²) in [6, 6.07) is 10.7. The first-order valence-corrected chi connectivity index (χ1v) is 8.05. The zero-order chi connectivity index (χ0) is 18.2. The molecule has 1 unspecified atom stereocenters. The van der Waals surface area contributed by atoms with Gasteiger partial charge >= 0.3 is 6.18 Å². The minimum Gasteiger partial charge on any atom is -0.334 e. The molecule has 1 atom stereocenters. The molecule has 2 aromatic carbocycles. The highest BCUT2D eigenvalue weighted by Crippen LogP contribution is 2.39. The van der Waals surface area contributed by atoms with Gasteiger partial charge in [0.15, 0.2) is 0 Å². The van der Waals surface area contributed by atoms with Crippen LogP contribution in [0.25, 0.3) is 0 Å². The van der Waals surface area contributed by atoms with Gasteiger partial charge in [-0.1, -0.05) is 42.4 Å². The minimum absolute atomic E-state index is 0.249. The van der Waals surface area contributed by atoms with Gasteiger partial charge in [-0.25, -0.2) is 0 Å². The Labute approximate surface area is 148 Å². The number of carbonyl (C=O) groups excluding carboxylic acids is 1. The standard InChI is InChI=1S/C19H15ClF3NO/c1-2-18(25)24-10-12-7-8-13(19(21,22)23)9-15(12)16(11-24)14-5-3-4-6-17(14)20/h2-9,16H,1,10-11H2. The van der Waals surface area contributed by atoms with Crippen molar-refractivity contribution in [2.45, 2.75) is 18.6 Å². The van der Waals surface area contributed by atoms with E-state index in [9.17, 15) is 18.0 Å². The second-order valence-corrected chi connectivity index (χ2v) is 6.32. The second-order valence-electron chi connectivity index (χ2n) is 5.91. The van der Waals surface area contributed by atoms with Gasteiger partial charge < -0.3 is 4.90 Å². The largest absolute Gasteiger partial charge is 0.416 e. The molecule has 1 heterocycles. The monoisotopic (exact) mass is 365 g/mol. The van der Waals surface area contributed by atoms with Gasteiger partial charge in [0.2, 0.25) is 5.91 Å². The van der Waals surface area contributed by atoms with E-state index in [2.05, 4.69) is 6.58 Å². The predicted octanol–water partition coefficient (Wildman–Crippen LogP) is 5.02. The highest BCUT2D eigenvalue weighted by molar-refractivity contribution is 6.31. The van der Waals surface area contributed by atoms with Crippen LogP contribution in [0, 0.1) is 0 Å². The highest BCUT2D eigenvalue weighted by Gasteiger charge is 2.35. The van der Waals surface area contributed by atoms with Gasteiger partial charge in [-0.2, -0.15) is 13.2 Å². The second kappa shape index (κ2) is 6.56. The number of halogens is 4. The molecule has 0 aliphatic carbocycles. The van der Waals surface area contributed by atoms with Crippen LogP contribution in [-0.2, 0) is 17.5 Å². The molecule has 0 spiro atoms. The summed E-state index contributed by atoms with van der Waals surface area (Å²) in [6.07, 6.45) is -3.22. The maximum atomic E-state index is 13.1. The first-order chi connectivity index (χ1) is 11.8. The molecule has 0 radical (unpaired) electrons. The van der Waals surface area contributed by atoms with E-state index in [1.807, 2.05) is 0 Å². The zero-order valence-electron chi connectivity index (χ0n) is 13.2. The number of amides is 1. The highest BCUT2D eigenvalue weighted by atomic mass is 35.5. The molecule has 130 valence electrons. The Morgan fingerprint density at radius 2 is 1.92 bits per heavy atom. The number of nitrogens with zero attached hydrogens (tertiary/aromatic N) is 1. The molecule has 0 bridgehead atoms. The fourth-order valence-electron chi connectivity index (χ4n) is 3.15. The molecular weight excluding hydrogens is 351 g/mol. The third-order valence-corrected chi connectivity index (χ3v) is 4.72. The third-order valence-electron chi connectivity index (χ3n) is 4.38. The Morgan fingerprint density at radius 1 is 1.20 bits per heavy atom. The Balaban J connectivity index is 2.14. The van der Waals surface area contributed by atoms with Crippen LogP contribution >= 0.6 is 11.6 Å². The molecule has 25 heavy (non-hydrogen) atoms. The number of fused-ring (bicyclic) bond motifs is 1. The van der Waals surface area contributed by atoms with Crippen molar-refractivity contribution in [3.63, 3.8) is 0 Å². The van der Waals surface area contributed by atoms with Crippen molar-refractivity contribution in [3.8, 4) is 0 Å². The van der Waals surface area contributed by atoms with Gasteiger partial charge in [-0.05, 0) is 41.0 Å². The number of carbonyl (C=O) groups is 1. The summed E-state index contributed by atoms with van der Waals surface area (Å²) in [5.74, 6) is -0.689. The van der Waals surface area contributed by atoms with Crippen LogP contribution < -0.4 is 0 Å². The Morgan fingerprint density at radius 3 is 2.56 bits per heavy atom. The SMILES string of the molecule is C=CC(=O)N1Cc2ccc(C(F)(F)F)cc2C(c2ccccc2Cl)C1. The lowest BCUT2D eigenvalue weighted by Crippen LogP contribution is -2.38. The average Bonchev–Trinajstić information content (AvgIpc) is 2.59. The van der Waals surface area contributed by atoms with E-state index >= 15 is 0 Å². The van der Waals surface area contributed by atoms with Crippen molar-refractivity contribution < 1.29 is 18.0 Å². The van der Waals surface area contributed by atoms with E-state index in [1.165, 1.54) is 18.2 Å². The van der Waals surface area contributed by atoms with Gasteiger partial charge in [0.1, 0.15) is 0 Å². The normalized spacial score (nSPS) is 17.1. The summed E-state index contributed by atoms with van der Waals surface area (Å²) < 4.78 is 39.4. The Bertz CT molecular complexity index is 832. The molecule has 1 aliphatic rings. The van der Waals surface area contributed by atoms with Crippen LogP contribution in [0.1, 0.15) is 28.2 Å². The van der Waals surface area contributed by atoms with Gasteiger partial charge in [-0.15, -0.1) is 0 Å². The molecule has 6 heteroatoms. The summed E-state index contributed by atoms with van der Waals surface area (Å²) in [5.41, 5.74) is 1.23. The molecule has 3 rings (SSSR count). The fraction of sp³-hybridized carbons (Fsp3) is 0.211. The van der Waals surface area contributed by atoms with Crippen molar-refractivity contribution in [2.24, 2.45) is 0 Å².